The summed E-state index contributed by atoms with van der Waals surface area (Å²) in [6.07, 6.45) is 9.70. The zero-order valence-corrected chi connectivity index (χ0v) is 14.1. The number of pyridine rings is 1. The van der Waals surface area contributed by atoms with Crippen LogP contribution in [0.25, 0.3) is 0 Å². The van der Waals surface area contributed by atoms with E-state index in [0.29, 0.717) is 18.8 Å². The third-order valence-electron chi connectivity index (χ3n) is 5.14. The lowest BCUT2D eigenvalue weighted by molar-refractivity contribution is -0.127. The predicted octanol–water partition coefficient (Wildman–Crippen LogP) is 1.97. The van der Waals surface area contributed by atoms with Crippen LogP contribution in [-0.4, -0.2) is 38.3 Å². The van der Waals surface area contributed by atoms with Crippen LogP contribution in [0, 0.1) is 0 Å². The Morgan fingerprint density at radius 3 is 2.84 bits per heavy atom. The summed E-state index contributed by atoms with van der Waals surface area (Å²) in [6, 6.07) is 7.19. The molecule has 2 amide bonds. The minimum Gasteiger partial charge on any atom is -0.352 e. The van der Waals surface area contributed by atoms with Crippen LogP contribution >= 0.6 is 0 Å². The summed E-state index contributed by atoms with van der Waals surface area (Å²) in [7, 11) is 0. The van der Waals surface area contributed by atoms with Gasteiger partial charge in [-0.05, 0) is 36.6 Å². The fraction of sp³-hybridized carbons (Fsp3) is 0.421. The van der Waals surface area contributed by atoms with E-state index in [-0.39, 0.29) is 17.9 Å². The molecule has 0 saturated heterocycles. The number of carbonyl (C=O) groups excluding carboxylic acids is 2. The van der Waals surface area contributed by atoms with Crippen LogP contribution in [-0.2, 0) is 17.9 Å². The normalized spacial score (nSPS) is 20.6. The summed E-state index contributed by atoms with van der Waals surface area (Å²) in [5.41, 5.74) is 1.56. The molecule has 1 N–H and O–H groups in total. The van der Waals surface area contributed by atoms with Crippen molar-refractivity contribution in [3.05, 3.63) is 54.1 Å². The second kappa shape index (κ2) is 6.70. The Morgan fingerprint density at radius 1 is 1.24 bits per heavy atom. The SMILES string of the molecule is O=C(NC1CCCC1)C1Cn2cccc2C(=O)N1Cc1cccnc1. The number of nitrogens with one attached hydrogen (secondary N) is 1. The van der Waals surface area contributed by atoms with Crippen molar-refractivity contribution in [1.82, 2.24) is 19.8 Å². The first-order chi connectivity index (χ1) is 12.2. The van der Waals surface area contributed by atoms with E-state index in [0.717, 1.165) is 31.2 Å². The predicted molar refractivity (Wildman–Crippen MR) is 92.7 cm³/mol. The second-order valence-corrected chi connectivity index (χ2v) is 6.85. The zero-order valence-electron chi connectivity index (χ0n) is 14.1. The lowest BCUT2D eigenvalue weighted by Gasteiger charge is -2.36. The molecule has 6 heteroatoms. The maximum absolute atomic E-state index is 12.9. The topological polar surface area (TPSA) is 67.2 Å². The van der Waals surface area contributed by atoms with Gasteiger partial charge < -0.3 is 14.8 Å². The number of hydrogen-bond acceptors (Lipinski definition) is 3. The number of fused-ring (bicyclic) bond motifs is 1. The average Bonchev–Trinajstić information content (AvgIpc) is 3.29. The van der Waals surface area contributed by atoms with Gasteiger partial charge in [0.15, 0.2) is 0 Å². The van der Waals surface area contributed by atoms with Crippen molar-refractivity contribution in [3.63, 3.8) is 0 Å². The molecule has 2 aromatic heterocycles. The van der Waals surface area contributed by atoms with E-state index in [1.54, 1.807) is 17.3 Å². The smallest absolute Gasteiger partial charge is 0.271 e. The van der Waals surface area contributed by atoms with Crippen molar-refractivity contribution in [2.75, 3.05) is 0 Å². The molecule has 1 aliphatic carbocycles. The van der Waals surface area contributed by atoms with E-state index in [9.17, 15) is 9.59 Å². The Morgan fingerprint density at radius 2 is 2.08 bits per heavy atom. The van der Waals surface area contributed by atoms with Crippen LogP contribution in [0.1, 0.15) is 41.7 Å². The molecule has 3 heterocycles. The van der Waals surface area contributed by atoms with E-state index in [4.69, 9.17) is 0 Å². The number of hydrogen-bond donors (Lipinski definition) is 1. The summed E-state index contributed by atoms with van der Waals surface area (Å²) in [4.78, 5) is 31.6. The molecule has 0 aromatic carbocycles. The summed E-state index contributed by atoms with van der Waals surface area (Å²) in [5.74, 6) is -0.157. The standard InChI is InChI=1S/C19H22N4O2/c24-18(21-15-6-1-2-7-15)17-13-22-10-4-8-16(22)19(25)23(17)12-14-5-3-9-20-11-14/h3-5,8-11,15,17H,1-2,6-7,12-13H2,(H,21,24). The van der Waals surface area contributed by atoms with E-state index >= 15 is 0 Å². The van der Waals surface area contributed by atoms with Gasteiger partial charge in [-0.2, -0.15) is 0 Å². The summed E-state index contributed by atoms with van der Waals surface area (Å²) in [6.45, 7) is 0.882. The van der Waals surface area contributed by atoms with Crippen LogP contribution in [0.5, 0.6) is 0 Å². The van der Waals surface area contributed by atoms with Crippen molar-refractivity contribution < 1.29 is 9.59 Å². The maximum Gasteiger partial charge on any atom is 0.271 e. The zero-order chi connectivity index (χ0) is 17.2. The number of nitrogens with zero attached hydrogens (tertiary/aromatic N) is 3. The van der Waals surface area contributed by atoms with E-state index in [1.807, 2.05) is 35.0 Å². The van der Waals surface area contributed by atoms with Crippen molar-refractivity contribution in [2.45, 2.75) is 50.9 Å². The van der Waals surface area contributed by atoms with Gasteiger partial charge in [0.25, 0.3) is 5.91 Å². The highest BCUT2D eigenvalue weighted by atomic mass is 16.2. The molecule has 6 nitrogen and oxygen atoms in total. The van der Waals surface area contributed by atoms with Crippen molar-refractivity contribution in [1.29, 1.82) is 0 Å². The van der Waals surface area contributed by atoms with E-state index < -0.39 is 6.04 Å². The van der Waals surface area contributed by atoms with Crippen molar-refractivity contribution in [2.24, 2.45) is 0 Å². The van der Waals surface area contributed by atoms with Gasteiger partial charge in [0.1, 0.15) is 11.7 Å². The first-order valence-corrected chi connectivity index (χ1v) is 8.88. The third kappa shape index (κ3) is 3.16. The Hall–Kier alpha value is -2.63. The molecule has 0 spiro atoms. The van der Waals surface area contributed by atoms with Gasteiger partial charge in [-0.15, -0.1) is 0 Å². The van der Waals surface area contributed by atoms with E-state index in [1.165, 1.54) is 0 Å². The number of amides is 2. The average molecular weight is 338 g/mol. The molecule has 0 radical (unpaired) electrons. The van der Waals surface area contributed by atoms with Gasteiger partial charge >= 0.3 is 0 Å². The van der Waals surface area contributed by atoms with Gasteiger partial charge in [-0.3, -0.25) is 14.6 Å². The number of aromatic nitrogens is 2. The molecular formula is C19H22N4O2. The molecular weight excluding hydrogens is 316 g/mol. The molecule has 1 fully saturated rings. The number of rotatable bonds is 4. The summed E-state index contributed by atoms with van der Waals surface area (Å²) >= 11 is 0. The first kappa shape index (κ1) is 15.9. The highest BCUT2D eigenvalue weighted by Crippen LogP contribution is 2.23. The van der Waals surface area contributed by atoms with Gasteiger partial charge in [0.05, 0.1) is 6.54 Å². The Labute approximate surface area is 146 Å². The van der Waals surface area contributed by atoms with Crippen LogP contribution in [0.3, 0.4) is 0 Å². The highest BCUT2D eigenvalue weighted by molar-refractivity contribution is 5.97. The van der Waals surface area contributed by atoms with Crippen LogP contribution < -0.4 is 5.32 Å². The molecule has 2 aliphatic rings. The second-order valence-electron chi connectivity index (χ2n) is 6.85. The molecule has 4 rings (SSSR count). The van der Waals surface area contributed by atoms with Crippen molar-refractivity contribution >= 4 is 11.8 Å². The molecule has 0 bridgehead atoms. The monoisotopic (exact) mass is 338 g/mol. The van der Waals surface area contributed by atoms with Gasteiger partial charge in [0.2, 0.25) is 5.91 Å². The van der Waals surface area contributed by atoms with Crippen LogP contribution in [0.2, 0.25) is 0 Å². The van der Waals surface area contributed by atoms with E-state index in [2.05, 4.69) is 10.3 Å². The minimum absolute atomic E-state index is 0.0523. The molecule has 25 heavy (non-hydrogen) atoms. The Balaban J connectivity index is 1.59. The molecule has 130 valence electrons. The fourth-order valence-corrected chi connectivity index (χ4v) is 3.80. The molecule has 2 aromatic rings. The number of carbonyl (C=O) groups is 2. The first-order valence-electron chi connectivity index (χ1n) is 8.88. The van der Waals surface area contributed by atoms with Gasteiger partial charge in [-0.1, -0.05) is 18.9 Å². The minimum atomic E-state index is -0.492. The summed E-state index contributed by atoms with van der Waals surface area (Å²) in [5, 5.41) is 3.15. The Bertz CT molecular complexity index is 765. The summed E-state index contributed by atoms with van der Waals surface area (Å²) < 4.78 is 1.88. The van der Waals surface area contributed by atoms with Crippen LogP contribution in [0.15, 0.2) is 42.9 Å². The molecule has 1 unspecified atom stereocenters. The molecule has 1 saturated carbocycles. The van der Waals surface area contributed by atoms with Gasteiger partial charge in [0, 0.05) is 31.2 Å². The maximum atomic E-state index is 12.9. The highest BCUT2D eigenvalue weighted by Gasteiger charge is 2.37. The third-order valence-corrected chi connectivity index (χ3v) is 5.14. The van der Waals surface area contributed by atoms with Crippen molar-refractivity contribution in [3.8, 4) is 0 Å². The lowest BCUT2D eigenvalue weighted by atomic mass is 10.1. The Kier molecular flexibility index (Phi) is 4.26. The van der Waals surface area contributed by atoms with Crippen LogP contribution in [0.4, 0.5) is 0 Å². The molecule has 1 atom stereocenters. The fourth-order valence-electron chi connectivity index (χ4n) is 3.80. The molecule has 1 aliphatic heterocycles. The lowest BCUT2D eigenvalue weighted by Crippen LogP contribution is -2.55. The quantitative estimate of drug-likeness (QED) is 0.927. The van der Waals surface area contributed by atoms with Gasteiger partial charge in [-0.25, -0.2) is 0 Å². The largest absolute Gasteiger partial charge is 0.352 e.